The van der Waals surface area contributed by atoms with Crippen molar-refractivity contribution in [1.82, 2.24) is 8.75 Å². The molecule has 0 bridgehead atoms. The van der Waals surface area contributed by atoms with E-state index in [0.29, 0.717) is 5.56 Å². The second-order valence-corrected chi connectivity index (χ2v) is 4.60. The van der Waals surface area contributed by atoms with Crippen LogP contribution in [0.5, 0.6) is 0 Å². The normalized spacial score (nSPS) is 10.5. The summed E-state index contributed by atoms with van der Waals surface area (Å²) >= 11 is 4.60. The number of aryl methyl sites for hydroxylation is 1. The molecule has 0 amide bonds. The maximum absolute atomic E-state index is 9.12. The first-order chi connectivity index (χ1) is 7.27. The van der Waals surface area contributed by atoms with Crippen LogP contribution >= 0.6 is 27.7 Å². The first kappa shape index (κ1) is 10.5. The fourth-order valence-electron chi connectivity index (χ4n) is 1.55. The number of hydrogen-bond acceptors (Lipinski definition) is 4. The van der Waals surface area contributed by atoms with E-state index in [0.717, 1.165) is 45.6 Å². The Morgan fingerprint density at radius 3 is 2.87 bits per heavy atom. The lowest BCUT2D eigenvalue weighted by Crippen LogP contribution is -1.92. The standard InChI is InChI=1S/C10H8BrN3S/c1-2-3-6-4-8(11)10-9(7(6)5-12)13-15-14-10/h4H,2-3H2,1H3. The van der Waals surface area contributed by atoms with Crippen LogP contribution in [0.15, 0.2) is 10.5 Å². The Labute approximate surface area is 100 Å². The first-order valence-corrected chi connectivity index (χ1v) is 6.14. The highest BCUT2D eigenvalue weighted by atomic mass is 79.9. The second-order valence-electron chi connectivity index (χ2n) is 3.22. The van der Waals surface area contributed by atoms with Gasteiger partial charge in [0.15, 0.2) is 0 Å². The van der Waals surface area contributed by atoms with Crippen molar-refractivity contribution in [2.75, 3.05) is 0 Å². The molecule has 1 heterocycles. The third-order valence-corrected chi connectivity index (χ3v) is 3.34. The van der Waals surface area contributed by atoms with E-state index in [1.807, 2.05) is 6.07 Å². The van der Waals surface area contributed by atoms with Crippen LogP contribution < -0.4 is 0 Å². The maximum atomic E-state index is 9.12. The van der Waals surface area contributed by atoms with Gasteiger partial charge in [-0.3, -0.25) is 0 Å². The molecule has 3 nitrogen and oxygen atoms in total. The van der Waals surface area contributed by atoms with Gasteiger partial charge in [-0.1, -0.05) is 13.3 Å². The van der Waals surface area contributed by atoms with E-state index in [9.17, 15) is 0 Å². The van der Waals surface area contributed by atoms with Crippen molar-refractivity contribution < 1.29 is 0 Å². The highest BCUT2D eigenvalue weighted by molar-refractivity contribution is 9.10. The number of halogens is 1. The van der Waals surface area contributed by atoms with Crippen LogP contribution in [-0.2, 0) is 6.42 Å². The molecule has 0 unspecified atom stereocenters. The molecule has 1 aromatic carbocycles. The maximum Gasteiger partial charge on any atom is 0.123 e. The molecule has 15 heavy (non-hydrogen) atoms. The number of aromatic nitrogens is 2. The number of rotatable bonds is 2. The Bertz CT molecular complexity index is 541. The largest absolute Gasteiger partial charge is 0.192 e. The quantitative estimate of drug-likeness (QED) is 0.849. The van der Waals surface area contributed by atoms with Crippen molar-refractivity contribution in [1.29, 1.82) is 5.26 Å². The van der Waals surface area contributed by atoms with Crippen molar-refractivity contribution >= 4 is 38.7 Å². The van der Waals surface area contributed by atoms with Gasteiger partial charge in [0.1, 0.15) is 17.1 Å². The molecule has 1 aromatic heterocycles. The van der Waals surface area contributed by atoms with E-state index < -0.39 is 0 Å². The lowest BCUT2D eigenvalue weighted by Gasteiger charge is -2.03. The predicted octanol–water partition coefficient (Wildman–Crippen LogP) is 3.28. The molecule has 0 radical (unpaired) electrons. The van der Waals surface area contributed by atoms with Gasteiger partial charge in [0.05, 0.1) is 17.3 Å². The molecule has 0 aliphatic rings. The summed E-state index contributed by atoms with van der Waals surface area (Å²) in [6, 6.07) is 4.20. The fraction of sp³-hybridized carbons (Fsp3) is 0.300. The molecule has 0 saturated carbocycles. The van der Waals surface area contributed by atoms with Gasteiger partial charge in [-0.15, -0.1) is 0 Å². The molecule has 0 aliphatic heterocycles. The van der Waals surface area contributed by atoms with Crippen LogP contribution in [0.2, 0.25) is 0 Å². The third-order valence-electron chi connectivity index (χ3n) is 2.20. The summed E-state index contributed by atoms with van der Waals surface area (Å²) < 4.78 is 9.26. The Kier molecular flexibility index (Phi) is 2.98. The monoisotopic (exact) mass is 281 g/mol. The summed E-state index contributed by atoms with van der Waals surface area (Å²) in [7, 11) is 0. The molecule has 0 atom stereocenters. The summed E-state index contributed by atoms with van der Waals surface area (Å²) in [5, 5.41) is 9.12. The molecule has 0 N–H and O–H groups in total. The van der Waals surface area contributed by atoms with Crippen molar-refractivity contribution in [3.8, 4) is 6.07 Å². The van der Waals surface area contributed by atoms with Crippen LogP contribution in [-0.4, -0.2) is 8.75 Å². The van der Waals surface area contributed by atoms with Gasteiger partial charge in [-0.2, -0.15) is 14.0 Å². The molecule has 0 saturated heterocycles. The van der Waals surface area contributed by atoms with Crippen molar-refractivity contribution in [2.45, 2.75) is 19.8 Å². The molecular weight excluding hydrogens is 274 g/mol. The predicted molar refractivity (Wildman–Crippen MR) is 63.8 cm³/mol. The zero-order valence-corrected chi connectivity index (χ0v) is 10.5. The zero-order chi connectivity index (χ0) is 10.8. The Morgan fingerprint density at radius 1 is 1.47 bits per heavy atom. The first-order valence-electron chi connectivity index (χ1n) is 4.61. The van der Waals surface area contributed by atoms with Crippen molar-refractivity contribution in [3.63, 3.8) is 0 Å². The highest BCUT2D eigenvalue weighted by Crippen LogP contribution is 2.28. The van der Waals surface area contributed by atoms with Gasteiger partial charge in [0, 0.05) is 4.47 Å². The van der Waals surface area contributed by atoms with E-state index >= 15 is 0 Å². The van der Waals surface area contributed by atoms with E-state index in [1.54, 1.807) is 0 Å². The average Bonchev–Trinajstić information content (AvgIpc) is 2.68. The van der Waals surface area contributed by atoms with E-state index in [4.69, 9.17) is 5.26 Å². The fourth-order valence-corrected chi connectivity index (χ4v) is 2.78. The second kappa shape index (κ2) is 4.25. The van der Waals surface area contributed by atoms with Crippen LogP contribution in [0.25, 0.3) is 11.0 Å². The highest BCUT2D eigenvalue weighted by Gasteiger charge is 2.13. The number of hydrogen-bond donors (Lipinski definition) is 0. The molecule has 0 spiro atoms. The zero-order valence-electron chi connectivity index (χ0n) is 8.12. The minimum atomic E-state index is 0.670. The van der Waals surface area contributed by atoms with Gasteiger partial charge >= 0.3 is 0 Å². The molecule has 76 valence electrons. The lowest BCUT2D eigenvalue weighted by atomic mass is 10.0. The van der Waals surface area contributed by atoms with Crippen LogP contribution in [0.1, 0.15) is 24.5 Å². The molecule has 2 aromatic rings. The summed E-state index contributed by atoms with van der Waals surface area (Å²) in [6.07, 6.45) is 1.92. The van der Waals surface area contributed by atoms with Crippen LogP contribution in [0, 0.1) is 11.3 Å². The van der Waals surface area contributed by atoms with E-state index in [1.165, 1.54) is 0 Å². The van der Waals surface area contributed by atoms with Gasteiger partial charge in [-0.05, 0) is 34.0 Å². The number of nitrogens with zero attached hydrogens (tertiary/aromatic N) is 3. The summed E-state index contributed by atoms with van der Waals surface area (Å²) in [5.41, 5.74) is 3.23. The van der Waals surface area contributed by atoms with E-state index in [-0.39, 0.29) is 0 Å². The molecule has 0 aliphatic carbocycles. The number of nitriles is 1. The molecule has 5 heteroatoms. The minimum Gasteiger partial charge on any atom is -0.192 e. The van der Waals surface area contributed by atoms with Crippen molar-refractivity contribution in [3.05, 3.63) is 21.7 Å². The minimum absolute atomic E-state index is 0.670. The Morgan fingerprint density at radius 2 is 2.20 bits per heavy atom. The Balaban J connectivity index is 2.76. The van der Waals surface area contributed by atoms with Gasteiger partial charge in [-0.25, -0.2) is 0 Å². The summed E-state index contributed by atoms with van der Waals surface area (Å²) in [5.74, 6) is 0. The van der Waals surface area contributed by atoms with Crippen LogP contribution in [0.4, 0.5) is 0 Å². The van der Waals surface area contributed by atoms with Gasteiger partial charge < -0.3 is 0 Å². The number of fused-ring (bicyclic) bond motifs is 1. The average molecular weight is 282 g/mol. The van der Waals surface area contributed by atoms with Gasteiger partial charge in [0.2, 0.25) is 0 Å². The smallest absolute Gasteiger partial charge is 0.123 e. The molecular formula is C10H8BrN3S. The summed E-state index contributed by atoms with van der Waals surface area (Å²) in [4.78, 5) is 0. The van der Waals surface area contributed by atoms with Crippen LogP contribution in [0.3, 0.4) is 0 Å². The number of benzene rings is 1. The lowest BCUT2D eigenvalue weighted by molar-refractivity contribution is 0.919. The van der Waals surface area contributed by atoms with Gasteiger partial charge in [0.25, 0.3) is 0 Å². The summed E-state index contributed by atoms with van der Waals surface area (Å²) in [6.45, 7) is 2.10. The van der Waals surface area contributed by atoms with Crippen molar-refractivity contribution in [2.24, 2.45) is 0 Å². The Hall–Kier alpha value is -0.990. The SMILES string of the molecule is CCCc1cc(Br)c2nsnc2c1C#N. The molecule has 0 fully saturated rings. The molecule has 2 rings (SSSR count). The third kappa shape index (κ3) is 1.75. The van der Waals surface area contributed by atoms with E-state index in [2.05, 4.69) is 37.7 Å². The topological polar surface area (TPSA) is 49.6 Å².